The molecular weight excluding hydrogens is 326 g/mol. The quantitative estimate of drug-likeness (QED) is 0.878. The third kappa shape index (κ3) is 4.04. The van der Waals surface area contributed by atoms with Gasteiger partial charge in [0.2, 0.25) is 0 Å². The minimum absolute atomic E-state index is 0.111. The summed E-state index contributed by atoms with van der Waals surface area (Å²) in [6, 6.07) is 5.57. The molecule has 1 amide bonds. The SMILES string of the molecule is CCNc1ccc(C(=O)NCc2cc(Br)cs2)cn1. The summed E-state index contributed by atoms with van der Waals surface area (Å²) in [5.74, 6) is 0.668. The van der Waals surface area contributed by atoms with Crippen molar-refractivity contribution in [3.8, 4) is 0 Å². The summed E-state index contributed by atoms with van der Waals surface area (Å²) < 4.78 is 1.04. The lowest BCUT2D eigenvalue weighted by Gasteiger charge is -2.05. The van der Waals surface area contributed by atoms with E-state index in [1.54, 1.807) is 29.7 Å². The van der Waals surface area contributed by atoms with Gasteiger partial charge in [-0.05, 0) is 41.1 Å². The van der Waals surface area contributed by atoms with Crippen molar-refractivity contribution in [3.63, 3.8) is 0 Å². The standard InChI is InChI=1S/C13H14BrN3OS/c1-2-15-12-4-3-9(6-16-12)13(18)17-7-11-5-10(14)8-19-11/h3-6,8H,2,7H2,1H3,(H,15,16)(H,17,18). The van der Waals surface area contributed by atoms with Crippen molar-refractivity contribution in [2.45, 2.75) is 13.5 Å². The Kier molecular flexibility index (Phi) is 4.93. The van der Waals surface area contributed by atoms with E-state index in [-0.39, 0.29) is 5.91 Å². The highest BCUT2D eigenvalue weighted by Gasteiger charge is 2.06. The second-order valence-electron chi connectivity index (χ2n) is 3.88. The van der Waals surface area contributed by atoms with Gasteiger partial charge in [-0.25, -0.2) is 4.98 Å². The van der Waals surface area contributed by atoms with Crippen molar-refractivity contribution in [2.75, 3.05) is 11.9 Å². The van der Waals surface area contributed by atoms with Crippen LogP contribution < -0.4 is 10.6 Å². The van der Waals surface area contributed by atoms with E-state index in [1.807, 2.05) is 18.4 Å². The van der Waals surface area contributed by atoms with Gasteiger partial charge in [-0.1, -0.05) is 0 Å². The molecule has 0 aromatic carbocycles. The van der Waals surface area contributed by atoms with Crippen molar-refractivity contribution in [3.05, 3.63) is 44.7 Å². The van der Waals surface area contributed by atoms with Gasteiger partial charge in [-0.2, -0.15) is 0 Å². The van der Waals surface area contributed by atoms with E-state index in [2.05, 4.69) is 31.5 Å². The van der Waals surface area contributed by atoms with Crippen LogP contribution in [0.25, 0.3) is 0 Å². The molecule has 2 N–H and O–H groups in total. The first-order valence-corrected chi connectivity index (χ1v) is 7.57. The van der Waals surface area contributed by atoms with Crippen molar-refractivity contribution in [1.82, 2.24) is 10.3 Å². The van der Waals surface area contributed by atoms with E-state index in [4.69, 9.17) is 0 Å². The van der Waals surface area contributed by atoms with Crippen molar-refractivity contribution < 1.29 is 4.79 Å². The Morgan fingerprint density at radius 1 is 1.47 bits per heavy atom. The number of pyridine rings is 1. The number of amides is 1. The van der Waals surface area contributed by atoms with Crippen LogP contribution in [0.4, 0.5) is 5.82 Å². The number of hydrogen-bond acceptors (Lipinski definition) is 4. The topological polar surface area (TPSA) is 54.0 Å². The Hall–Kier alpha value is -1.40. The molecule has 0 atom stereocenters. The largest absolute Gasteiger partial charge is 0.370 e. The van der Waals surface area contributed by atoms with Gasteiger partial charge in [0.25, 0.3) is 5.91 Å². The van der Waals surface area contributed by atoms with Crippen LogP contribution in [0.1, 0.15) is 22.2 Å². The zero-order chi connectivity index (χ0) is 13.7. The fraction of sp³-hybridized carbons (Fsp3) is 0.231. The van der Waals surface area contributed by atoms with Gasteiger partial charge in [0.15, 0.2) is 0 Å². The Bertz CT molecular complexity index is 553. The van der Waals surface area contributed by atoms with Crippen LogP contribution >= 0.6 is 27.3 Å². The molecular formula is C13H14BrN3OS. The van der Waals surface area contributed by atoms with Gasteiger partial charge in [0.1, 0.15) is 5.82 Å². The highest BCUT2D eigenvalue weighted by Crippen LogP contribution is 2.19. The molecule has 100 valence electrons. The molecule has 0 bridgehead atoms. The predicted octanol–water partition coefficient (Wildman–Crippen LogP) is 3.27. The number of nitrogens with zero attached hydrogens (tertiary/aromatic N) is 1. The van der Waals surface area contributed by atoms with Crippen molar-refractivity contribution >= 4 is 39.0 Å². The number of halogens is 1. The number of rotatable bonds is 5. The molecule has 0 aliphatic rings. The van der Waals surface area contributed by atoms with Crippen LogP contribution in [0.5, 0.6) is 0 Å². The van der Waals surface area contributed by atoms with E-state index in [1.165, 1.54) is 0 Å². The molecule has 19 heavy (non-hydrogen) atoms. The highest BCUT2D eigenvalue weighted by molar-refractivity contribution is 9.10. The molecule has 2 rings (SSSR count). The molecule has 2 aromatic rings. The van der Waals surface area contributed by atoms with Gasteiger partial charge in [-0.15, -0.1) is 11.3 Å². The van der Waals surface area contributed by atoms with Gasteiger partial charge in [0, 0.05) is 27.5 Å². The maximum atomic E-state index is 11.9. The van der Waals surface area contributed by atoms with Crippen molar-refractivity contribution in [1.29, 1.82) is 0 Å². The number of nitrogens with one attached hydrogen (secondary N) is 2. The Labute approximate surface area is 124 Å². The predicted molar refractivity (Wildman–Crippen MR) is 81.6 cm³/mol. The molecule has 2 heterocycles. The van der Waals surface area contributed by atoms with E-state index in [0.29, 0.717) is 12.1 Å². The molecule has 2 aromatic heterocycles. The lowest BCUT2D eigenvalue weighted by Crippen LogP contribution is -2.22. The fourth-order valence-electron chi connectivity index (χ4n) is 1.53. The first-order valence-electron chi connectivity index (χ1n) is 5.90. The average molecular weight is 340 g/mol. The number of anilines is 1. The van der Waals surface area contributed by atoms with Crippen LogP contribution in [0.2, 0.25) is 0 Å². The van der Waals surface area contributed by atoms with E-state index >= 15 is 0 Å². The normalized spacial score (nSPS) is 10.2. The minimum atomic E-state index is -0.111. The molecule has 0 saturated heterocycles. The molecule has 0 saturated carbocycles. The Morgan fingerprint density at radius 3 is 2.89 bits per heavy atom. The number of carbonyl (C=O) groups is 1. The number of aromatic nitrogens is 1. The summed E-state index contributed by atoms with van der Waals surface area (Å²) in [6.07, 6.45) is 1.58. The maximum Gasteiger partial charge on any atom is 0.253 e. The smallest absolute Gasteiger partial charge is 0.253 e. The molecule has 0 unspecified atom stereocenters. The zero-order valence-electron chi connectivity index (χ0n) is 10.4. The second kappa shape index (κ2) is 6.68. The molecule has 0 spiro atoms. The zero-order valence-corrected chi connectivity index (χ0v) is 12.8. The fourth-order valence-corrected chi connectivity index (χ4v) is 2.92. The summed E-state index contributed by atoms with van der Waals surface area (Å²) in [5, 5.41) is 7.95. The van der Waals surface area contributed by atoms with Crippen LogP contribution in [0.3, 0.4) is 0 Å². The molecule has 0 aliphatic carbocycles. The van der Waals surface area contributed by atoms with Gasteiger partial charge < -0.3 is 10.6 Å². The lowest BCUT2D eigenvalue weighted by molar-refractivity contribution is 0.0951. The Morgan fingerprint density at radius 2 is 2.32 bits per heavy atom. The molecule has 0 radical (unpaired) electrons. The molecule has 0 aliphatic heterocycles. The second-order valence-corrected chi connectivity index (χ2v) is 5.79. The Balaban J connectivity index is 1.92. The number of carbonyl (C=O) groups excluding carboxylic acids is 1. The maximum absolute atomic E-state index is 11.9. The molecule has 0 fully saturated rings. The van der Waals surface area contributed by atoms with E-state index < -0.39 is 0 Å². The van der Waals surface area contributed by atoms with Gasteiger partial charge >= 0.3 is 0 Å². The first-order chi connectivity index (χ1) is 9.19. The van der Waals surface area contributed by atoms with E-state index in [0.717, 1.165) is 21.7 Å². The summed E-state index contributed by atoms with van der Waals surface area (Å²) in [4.78, 5) is 17.2. The molecule has 4 nitrogen and oxygen atoms in total. The summed E-state index contributed by atoms with van der Waals surface area (Å²) >= 11 is 5.00. The monoisotopic (exact) mass is 339 g/mol. The van der Waals surface area contributed by atoms with Crippen molar-refractivity contribution in [2.24, 2.45) is 0 Å². The number of hydrogen-bond donors (Lipinski definition) is 2. The van der Waals surface area contributed by atoms with Crippen LogP contribution in [-0.4, -0.2) is 17.4 Å². The lowest BCUT2D eigenvalue weighted by atomic mass is 10.2. The third-order valence-corrected chi connectivity index (χ3v) is 4.13. The van der Waals surface area contributed by atoms with Crippen LogP contribution in [0, 0.1) is 0 Å². The van der Waals surface area contributed by atoms with Crippen LogP contribution in [0.15, 0.2) is 34.2 Å². The summed E-state index contributed by atoms with van der Waals surface area (Å²) in [5.41, 5.74) is 0.567. The summed E-state index contributed by atoms with van der Waals surface area (Å²) in [7, 11) is 0. The first kappa shape index (κ1) is 14.0. The summed E-state index contributed by atoms with van der Waals surface area (Å²) in [6.45, 7) is 3.34. The van der Waals surface area contributed by atoms with E-state index in [9.17, 15) is 4.79 Å². The number of thiophene rings is 1. The third-order valence-electron chi connectivity index (χ3n) is 2.43. The van der Waals surface area contributed by atoms with Crippen LogP contribution in [-0.2, 0) is 6.54 Å². The van der Waals surface area contributed by atoms with Gasteiger partial charge in [-0.3, -0.25) is 4.79 Å². The molecule has 6 heteroatoms. The minimum Gasteiger partial charge on any atom is -0.370 e. The highest BCUT2D eigenvalue weighted by atomic mass is 79.9. The average Bonchev–Trinajstić information content (AvgIpc) is 2.83. The van der Waals surface area contributed by atoms with Gasteiger partial charge in [0.05, 0.1) is 12.1 Å².